The van der Waals surface area contributed by atoms with Gasteiger partial charge in [0.1, 0.15) is 5.82 Å². The van der Waals surface area contributed by atoms with E-state index in [0.717, 1.165) is 25.3 Å². The molecule has 2 fully saturated rings. The van der Waals surface area contributed by atoms with Crippen molar-refractivity contribution in [2.75, 3.05) is 43.1 Å². The zero-order valence-electron chi connectivity index (χ0n) is 17.3. The van der Waals surface area contributed by atoms with Crippen molar-refractivity contribution < 1.29 is 18.7 Å². The number of para-hydroxylation sites is 1. The van der Waals surface area contributed by atoms with Crippen LogP contribution >= 0.6 is 0 Å². The highest BCUT2D eigenvalue weighted by Crippen LogP contribution is 2.29. The lowest BCUT2D eigenvalue weighted by Crippen LogP contribution is -2.57. The number of piperazine rings is 1. The average Bonchev–Trinajstić information content (AvgIpc) is 3.14. The molecule has 0 N–H and O–H groups in total. The first kappa shape index (κ1) is 20.3. The molecule has 30 heavy (non-hydrogen) atoms. The molecule has 0 aliphatic carbocycles. The summed E-state index contributed by atoms with van der Waals surface area (Å²) in [5, 5.41) is 0. The number of carbonyl (C=O) groups excluding carboxylic acids is 2. The lowest BCUT2D eigenvalue weighted by atomic mass is 10.1. The molecule has 2 aromatic rings. The van der Waals surface area contributed by atoms with Crippen LogP contribution in [-0.2, 0) is 9.53 Å². The highest BCUT2D eigenvalue weighted by Gasteiger charge is 2.40. The van der Waals surface area contributed by atoms with E-state index in [2.05, 4.69) is 16.7 Å². The molecular formula is C23H26FN3O3. The van der Waals surface area contributed by atoms with Crippen molar-refractivity contribution in [2.45, 2.75) is 25.4 Å². The number of halogens is 1. The van der Waals surface area contributed by atoms with Gasteiger partial charge >= 0.3 is 5.97 Å². The quantitative estimate of drug-likeness (QED) is 0.724. The Morgan fingerprint density at radius 3 is 2.47 bits per heavy atom. The Bertz CT molecular complexity index is 934. The maximum Gasteiger partial charge on any atom is 0.337 e. The molecule has 0 saturated carbocycles. The maximum absolute atomic E-state index is 14.2. The lowest BCUT2D eigenvalue weighted by Gasteiger charge is -2.43. The Morgan fingerprint density at radius 2 is 1.80 bits per heavy atom. The summed E-state index contributed by atoms with van der Waals surface area (Å²) in [7, 11) is 1.37. The van der Waals surface area contributed by atoms with E-state index in [1.54, 1.807) is 35.2 Å². The van der Waals surface area contributed by atoms with Crippen molar-refractivity contribution in [1.82, 2.24) is 4.90 Å². The number of hydrogen-bond donors (Lipinski definition) is 0. The molecule has 2 aromatic carbocycles. The topological polar surface area (TPSA) is 53.1 Å². The molecule has 2 atom stereocenters. The van der Waals surface area contributed by atoms with E-state index >= 15 is 0 Å². The van der Waals surface area contributed by atoms with Crippen LogP contribution in [0.5, 0.6) is 0 Å². The zero-order chi connectivity index (χ0) is 21.3. The molecule has 2 aliphatic heterocycles. The van der Waals surface area contributed by atoms with E-state index in [1.165, 1.54) is 13.2 Å². The largest absolute Gasteiger partial charge is 0.465 e. The van der Waals surface area contributed by atoms with Crippen LogP contribution in [0.4, 0.5) is 15.8 Å². The molecule has 2 unspecified atom stereocenters. The molecule has 158 valence electrons. The van der Waals surface area contributed by atoms with Gasteiger partial charge in [0.05, 0.1) is 24.4 Å². The molecule has 7 heteroatoms. The van der Waals surface area contributed by atoms with Gasteiger partial charge in [-0.05, 0) is 49.7 Å². The number of hydrogen-bond acceptors (Lipinski definition) is 5. The standard InChI is InChI=1S/C23H26FN3O3/c1-16-15-25(18-9-7-17(8-10-18)23(29)30-2)13-14-26(16)21-11-12-27(22(21)28)20-6-4-3-5-19(20)24/h3-10,16,21H,11-15H2,1-2H3. The number of amides is 1. The van der Waals surface area contributed by atoms with Crippen molar-refractivity contribution in [3.63, 3.8) is 0 Å². The van der Waals surface area contributed by atoms with Crippen molar-refractivity contribution >= 4 is 23.3 Å². The van der Waals surface area contributed by atoms with E-state index in [-0.39, 0.29) is 29.8 Å². The summed E-state index contributed by atoms with van der Waals surface area (Å²) in [6.45, 7) is 4.97. The van der Waals surface area contributed by atoms with Gasteiger partial charge < -0.3 is 14.5 Å². The van der Waals surface area contributed by atoms with Crippen LogP contribution in [0.3, 0.4) is 0 Å². The Balaban J connectivity index is 1.42. The van der Waals surface area contributed by atoms with Crippen LogP contribution in [-0.4, -0.2) is 62.1 Å². The summed E-state index contributed by atoms with van der Waals surface area (Å²) in [6, 6.07) is 13.8. The normalized spacial score (nSPS) is 22.4. The number of benzene rings is 2. The Labute approximate surface area is 175 Å². The van der Waals surface area contributed by atoms with Gasteiger partial charge in [0.2, 0.25) is 5.91 Å². The first-order valence-electron chi connectivity index (χ1n) is 10.2. The minimum Gasteiger partial charge on any atom is -0.465 e. The van der Waals surface area contributed by atoms with Gasteiger partial charge in [-0.2, -0.15) is 0 Å². The van der Waals surface area contributed by atoms with E-state index < -0.39 is 0 Å². The molecule has 0 radical (unpaired) electrons. The minimum absolute atomic E-state index is 0.0252. The van der Waals surface area contributed by atoms with E-state index in [9.17, 15) is 14.0 Å². The fourth-order valence-electron chi connectivity index (χ4n) is 4.48. The van der Waals surface area contributed by atoms with Gasteiger partial charge in [0, 0.05) is 37.9 Å². The maximum atomic E-state index is 14.2. The van der Waals surface area contributed by atoms with Crippen molar-refractivity contribution in [1.29, 1.82) is 0 Å². The molecule has 1 amide bonds. The van der Waals surface area contributed by atoms with Crippen molar-refractivity contribution in [3.05, 3.63) is 59.9 Å². The second-order valence-corrected chi connectivity index (χ2v) is 7.82. The van der Waals surface area contributed by atoms with E-state index in [4.69, 9.17) is 4.74 Å². The first-order chi connectivity index (χ1) is 14.5. The molecule has 2 saturated heterocycles. The lowest BCUT2D eigenvalue weighted by molar-refractivity contribution is -0.122. The molecule has 2 aliphatic rings. The van der Waals surface area contributed by atoms with Crippen molar-refractivity contribution in [2.24, 2.45) is 0 Å². The van der Waals surface area contributed by atoms with Gasteiger partial charge in [-0.25, -0.2) is 9.18 Å². The van der Waals surface area contributed by atoms with Crippen LogP contribution in [0.25, 0.3) is 0 Å². The number of rotatable bonds is 4. The molecule has 6 nitrogen and oxygen atoms in total. The third-order valence-electron chi connectivity index (χ3n) is 6.05. The predicted octanol–water partition coefficient (Wildman–Crippen LogP) is 2.93. The summed E-state index contributed by atoms with van der Waals surface area (Å²) in [6.07, 6.45) is 0.700. The van der Waals surface area contributed by atoms with Crippen LogP contribution < -0.4 is 9.80 Å². The number of ether oxygens (including phenoxy) is 1. The second-order valence-electron chi connectivity index (χ2n) is 7.82. The second kappa shape index (κ2) is 8.44. The molecule has 2 heterocycles. The van der Waals surface area contributed by atoms with Gasteiger partial charge in [0.15, 0.2) is 0 Å². The third kappa shape index (κ3) is 3.77. The van der Waals surface area contributed by atoms with Gasteiger partial charge in [-0.15, -0.1) is 0 Å². The van der Waals surface area contributed by atoms with E-state index in [0.29, 0.717) is 24.2 Å². The Kier molecular flexibility index (Phi) is 5.72. The SMILES string of the molecule is COC(=O)c1ccc(N2CCN(C3CCN(c4ccccc4F)C3=O)C(C)C2)cc1. The molecule has 4 rings (SSSR count). The predicted molar refractivity (Wildman–Crippen MR) is 113 cm³/mol. The zero-order valence-corrected chi connectivity index (χ0v) is 17.3. The number of carbonyl (C=O) groups is 2. The molecule has 0 aromatic heterocycles. The molecule has 0 spiro atoms. The fourth-order valence-corrected chi connectivity index (χ4v) is 4.48. The summed E-state index contributed by atoms with van der Waals surface area (Å²) in [4.78, 5) is 30.7. The van der Waals surface area contributed by atoms with Crippen molar-refractivity contribution in [3.8, 4) is 0 Å². The summed E-state index contributed by atoms with van der Waals surface area (Å²) >= 11 is 0. The van der Waals surface area contributed by atoms with Crippen LogP contribution in [0.1, 0.15) is 23.7 Å². The van der Waals surface area contributed by atoms with Crippen LogP contribution in [0.2, 0.25) is 0 Å². The third-order valence-corrected chi connectivity index (χ3v) is 6.05. The van der Waals surface area contributed by atoms with Gasteiger partial charge in [0.25, 0.3) is 0 Å². The minimum atomic E-state index is -0.361. The van der Waals surface area contributed by atoms with Gasteiger partial charge in [-0.3, -0.25) is 9.69 Å². The van der Waals surface area contributed by atoms with Crippen LogP contribution in [0.15, 0.2) is 48.5 Å². The average molecular weight is 411 g/mol. The number of nitrogens with zero attached hydrogens (tertiary/aromatic N) is 3. The number of esters is 1. The first-order valence-corrected chi connectivity index (χ1v) is 10.2. The Hall–Kier alpha value is -2.93. The summed E-state index contributed by atoms with van der Waals surface area (Å²) in [5.74, 6) is -0.735. The summed E-state index contributed by atoms with van der Waals surface area (Å²) in [5.41, 5.74) is 1.93. The highest BCUT2D eigenvalue weighted by molar-refractivity contribution is 5.99. The molecule has 0 bridgehead atoms. The van der Waals surface area contributed by atoms with Gasteiger partial charge in [-0.1, -0.05) is 12.1 Å². The highest BCUT2D eigenvalue weighted by atomic mass is 19.1. The molecular weight excluding hydrogens is 385 g/mol. The van der Waals surface area contributed by atoms with Crippen LogP contribution in [0, 0.1) is 5.82 Å². The summed E-state index contributed by atoms with van der Waals surface area (Å²) < 4.78 is 18.9. The Morgan fingerprint density at radius 1 is 1.07 bits per heavy atom. The fraction of sp³-hybridized carbons (Fsp3) is 0.391. The number of anilines is 2. The number of methoxy groups -OCH3 is 1. The van der Waals surface area contributed by atoms with E-state index in [1.807, 2.05) is 12.1 Å². The monoisotopic (exact) mass is 411 g/mol. The smallest absolute Gasteiger partial charge is 0.337 e.